The zero-order valence-corrected chi connectivity index (χ0v) is 10.6. The molecule has 1 rings (SSSR count). The summed E-state index contributed by atoms with van der Waals surface area (Å²) in [7, 11) is 0. The third kappa shape index (κ3) is 5.48. The van der Waals surface area contributed by atoms with Crippen LogP contribution in [-0.4, -0.2) is 30.7 Å². The van der Waals surface area contributed by atoms with E-state index < -0.39 is 36.6 Å². The second-order valence-electron chi connectivity index (χ2n) is 3.70. The van der Waals surface area contributed by atoms with Gasteiger partial charge in [-0.15, -0.1) is 11.8 Å². The average Bonchev–Trinajstić information content (AvgIpc) is 2.38. The molecule has 1 amide bonds. The zero-order chi connectivity index (χ0) is 14.5. The van der Waals surface area contributed by atoms with E-state index in [1.54, 1.807) is 0 Å². The van der Waals surface area contributed by atoms with E-state index in [4.69, 9.17) is 5.73 Å². The smallest absolute Gasteiger partial charge is 0.277 e. The molecule has 8 heteroatoms. The molecule has 3 nitrogen and oxygen atoms in total. The summed E-state index contributed by atoms with van der Waals surface area (Å²) in [6.45, 7) is -1.70. The largest absolute Gasteiger partial charge is 0.349 e. The lowest BCUT2D eigenvalue weighted by Gasteiger charge is -2.14. The minimum absolute atomic E-state index is 0.175. The van der Waals surface area contributed by atoms with Gasteiger partial charge >= 0.3 is 0 Å². The Labute approximate surface area is 111 Å². The number of hydrogen-bond donors (Lipinski definition) is 2. The van der Waals surface area contributed by atoms with Crippen molar-refractivity contribution in [2.75, 3.05) is 18.8 Å². The lowest BCUT2D eigenvalue weighted by atomic mass is 10.3. The van der Waals surface area contributed by atoms with Gasteiger partial charge in [0.05, 0.1) is 18.8 Å². The van der Waals surface area contributed by atoms with E-state index >= 15 is 0 Å². The summed E-state index contributed by atoms with van der Waals surface area (Å²) >= 11 is 0.915. The average molecular weight is 296 g/mol. The van der Waals surface area contributed by atoms with Gasteiger partial charge in [-0.05, 0) is 18.2 Å². The number of nitrogens with two attached hydrogens (primary N) is 1. The maximum atomic E-state index is 12.9. The highest BCUT2D eigenvalue weighted by Crippen LogP contribution is 2.20. The molecule has 0 heterocycles. The Balaban J connectivity index is 2.40. The molecule has 0 spiro atoms. The third-order valence-electron chi connectivity index (χ3n) is 2.10. The van der Waals surface area contributed by atoms with E-state index in [0.717, 1.165) is 23.9 Å². The van der Waals surface area contributed by atoms with Gasteiger partial charge in [0.1, 0.15) is 0 Å². The van der Waals surface area contributed by atoms with E-state index in [1.165, 1.54) is 6.07 Å². The Kier molecular flexibility index (Phi) is 5.61. The molecule has 1 aromatic carbocycles. The first-order chi connectivity index (χ1) is 8.84. The Hall–Kier alpha value is -1.28. The van der Waals surface area contributed by atoms with Crippen LogP contribution in [0.15, 0.2) is 23.1 Å². The lowest BCUT2D eigenvalue weighted by molar-refractivity contribution is -0.120. The van der Waals surface area contributed by atoms with Crippen LogP contribution >= 0.6 is 11.8 Å². The van der Waals surface area contributed by atoms with E-state index in [-0.39, 0.29) is 5.75 Å². The first-order valence-electron chi connectivity index (χ1n) is 5.26. The molecule has 0 atom stereocenters. The van der Waals surface area contributed by atoms with Gasteiger partial charge in [-0.3, -0.25) is 4.79 Å². The quantitative estimate of drug-likeness (QED) is 0.621. The molecule has 0 saturated carbocycles. The molecule has 0 aliphatic carbocycles. The number of alkyl halides is 2. The van der Waals surface area contributed by atoms with Crippen LogP contribution in [0.5, 0.6) is 0 Å². The standard InChI is InChI=1S/C11H12F4N2OS/c12-8-2-1-7(3-9(8)13)19-4-10(18)17-6-11(14,15)5-16/h1-3H,4-6,16H2,(H,17,18). The van der Waals surface area contributed by atoms with Crippen molar-refractivity contribution >= 4 is 17.7 Å². The zero-order valence-electron chi connectivity index (χ0n) is 9.76. The van der Waals surface area contributed by atoms with Gasteiger partial charge in [0.2, 0.25) is 5.91 Å². The summed E-state index contributed by atoms with van der Waals surface area (Å²) in [5.74, 6) is -5.98. The highest BCUT2D eigenvalue weighted by Gasteiger charge is 2.27. The van der Waals surface area contributed by atoms with E-state index in [0.29, 0.717) is 4.90 Å². The summed E-state index contributed by atoms with van der Waals surface area (Å²) < 4.78 is 51.0. The molecular weight excluding hydrogens is 284 g/mol. The number of carbonyl (C=O) groups excluding carboxylic acids is 1. The molecule has 1 aromatic rings. The first kappa shape index (κ1) is 15.8. The molecule has 0 bridgehead atoms. The number of hydrogen-bond acceptors (Lipinski definition) is 3. The molecule has 19 heavy (non-hydrogen) atoms. The van der Waals surface area contributed by atoms with Gasteiger partial charge in [0, 0.05) is 4.90 Å². The Morgan fingerprint density at radius 3 is 2.58 bits per heavy atom. The van der Waals surface area contributed by atoms with E-state index in [2.05, 4.69) is 0 Å². The van der Waals surface area contributed by atoms with Crippen LogP contribution in [0.25, 0.3) is 0 Å². The van der Waals surface area contributed by atoms with Crippen LogP contribution in [0.3, 0.4) is 0 Å². The molecule has 3 N–H and O–H groups in total. The molecule has 0 radical (unpaired) electrons. The van der Waals surface area contributed by atoms with Gasteiger partial charge < -0.3 is 11.1 Å². The second-order valence-corrected chi connectivity index (χ2v) is 4.75. The highest BCUT2D eigenvalue weighted by molar-refractivity contribution is 8.00. The third-order valence-corrected chi connectivity index (χ3v) is 3.10. The summed E-state index contributed by atoms with van der Waals surface area (Å²) in [5.41, 5.74) is 4.80. The minimum Gasteiger partial charge on any atom is -0.349 e. The SMILES string of the molecule is NCC(F)(F)CNC(=O)CSc1ccc(F)c(F)c1. The summed E-state index contributed by atoms with van der Waals surface area (Å²) in [6, 6.07) is 3.16. The van der Waals surface area contributed by atoms with Gasteiger partial charge in [-0.1, -0.05) is 0 Å². The van der Waals surface area contributed by atoms with Crippen LogP contribution in [0.2, 0.25) is 0 Å². The number of halogens is 4. The Morgan fingerprint density at radius 1 is 1.32 bits per heavy atom. The predicted molar refractivity (Wildman–Crippen MR) is 64.1 cm³/mol. The fraction of sp³-hybridized carbons (Fsp3) is 0.364. The summed E-state index contributed by atoms with van der Waals surface area (Å²) in [4.78, 5) is 11.6. The van der Waals surface area contributed by atoms with Crippen LogP contribution in [0, 0.1) is 11.6 Å². The van der Waals surface area contributed by atoms with Crippen molar-refractivity contribution < 1.29 is 22.4 Å². The van der Waals surface area contributed by atoms with Crippen LogP contribution < -0.4 is 11.1 Å². The minimum atomic E-state index is -3.15. The van der Waals surface area contributed by atoms with Crippen molar-refractivity contribution in [3.63, 3.8) is 0 Å². The summed E-state index contributed by atoms with van der Waals surface area (Å²) in [6.07, 6.45) is 0. The topological polar surface area (TPSA) is 55.1 Å². The summed E-state index contributed by atoms with van der Waals surface area (Å²) in [5, 5.41) is 2.01. The fourth-order valence-corrected chi connectivity index (χ4v) is 1.82. The second kappa shape index (κ2) is 6.76. The number of rotatable bonds is 6. The lowest BCUT2D eigenvalue weighted by Crippen LogP contribution is -2.42. The van der Waals surface area contributed by atoms with E-state index in [1.807, 2.05) is 5.32 Å². The van der Waals surface area contributed by atoms with Gasteiger partial charge in [0.25, 0.3) is 5.92 Å². The molecule has 0 fully saturated rings. The van der Waals surface area contributed by atoms with Crippen LogP contribution in [0.4, 0.5) is 17.6 Å². The molecule has 0 aliphatic heterocycles. The van der Waals surface area contributed by atoms with Crippen molar-refractivity contribution in [3.05, 3.63) is 29.8 Å². The van der Waals surface area contributed by atoms with Crippen molar-refractivity contribution in [2.24, 2.45) is 5.73 Å². The maximum absolute atomic E-state index is 12.9. The molecule has 0 unspecified atom stereocenters. The number of benzene rings is 1. The van der Waals surface area contributed by atoms with Gasteiger partial charge in [-0.2, -0.15) is 0 Å². The maximum Gasteiger partial charge on any atom is 0.277 e. The van der Waals surface area contributed by atoms with Crippen molar-refractivity contribution in [2.45, 2.75) is 10.8 Å². The van der Waals surface area contributed by atoms with Gasteiger partial charge in [-0.25, -0.2) is 17.6 Å². The van der Waals surface area contributed by atoms with Crippen molar-refractivity contribution in [3.8, 4) is 0 Å². The van der Waals surface area contributed by atoms with Crippen LogP contribution in [0.1, 0.15) is 0 Å². The fourth-order valence-electron chi connectivity index (χ4n) is 1.07. The number of carbonyl (C=O) groups is 1. The Morgan fingerprint density at radius 2 is 2.00 bits per heavy atom. The number of thioether (sulfide) groups is 1. The number of amides is 1. The molecule has 0 saturated heterocycles. The Bertz CT molecular complexity index is 456. The predicted octanol–water partition coefficient (Wildman–Crippen LogP) is 1.77. The highest BCUT2D eigenvalue weighted by atomic mass is 32.2. The molecule has 106 valence electrons. The molecule has 0 aromatic heterocycles. The van der Waals surface area contributed by atoms with Crippen molar-refractivity contribution in [1.29, 1.82) is 0 Å². The van der Waals surface area contributed by atoms with Crippen molar-refractivity contribution in [1.82, 2.24) is 5.32 Å². The molecular formula is C11H12F4N2OS. The first-order valence-corrected chi connectivity index (χ1v) is 6.25. The van der Waals surface area contributed by atoms with Gasteiger partial charge in [0.15, 0.2) is 11.6 Å². The van der Waals surface area contributed by atoms with Crippen LogP contribution in [-0.2, 0) is 4.79 Å². The monoisotopic (exact) mass is 296 g/mol. The number of nitrogens with one attached hydrogen (secondary N) is 1. The van der Waals surface area contributed by atoms with E-state index in [9.17, 15) is 22.4 Å². The normalized spacial score (nSPS) is 11.4. The molecule has 0 aliphatic rings.